The summed E-state index contributed by atoms with van der Waals surface area (Å²) in [4.78, 5) is 14.9. The number of ether oxygens (including phenoxy) is 1. The number of rotatable bonds is 2. The van der Waals surface area contributed by atoms with Crippen LogP contribution in [0.1, 0.15) is 27.3 Å². The van der Waals surface area contributed by atoms with Gasteiger partial charge in [-0.3, -0.25) is 0 Å². The van der Waals surface area contributed by atoms with Crippen LogP contribution in [-0.2, 0) is 18.3 Å². The molecule has 0 saturated heterocycles. The third-order valence-corrected chi connectivity index (χ3v) is 2.73. The molecule has 0 radical (unpaired) electrons. The van der Waals surface area contributed by atoms with Gasteiger partial charge in [-0.05, 0) is 13.8 Å². The van der Waals surface area contributed by atoms with E-state index in [-0.39, 0.29) is 12.5 Å². The van der Waals surface area contributed by atoms with Crippen molar-refractivity contribution < 1.29 is 9.53 Å². The normalized spacial score (nSPS) is 9.80. The minimum atomic E-state index is -0.366. The van der Waals surface area contributed by atoms with E-state index in [0.29, 0.717) is 5.56 Å². The number of aromatic nitrogens is 1. The second-order valence-corrected chi connectivity index (χ2v) is 3.39. The lowest BCUT2D eigenvalue weighted by Crippen LogP contribution is -2.05. The molecular formula is C11H14N2O2. The Hall–Kier alpha value is -1.76. The largest absolute Gasteiger partial charge is 0.465 e. The Labute approximate surface area is 89.3 Å². The van der Waals surface area contributed by atoms with E-state index in [9.17, 15) is 4.79 Å². The fourth-order valence-corrected chi connectivity index (χ4v) is 1.67. The number of esters is 1. The van der Waals surface area contributed by atoms with E-state index in [1.165, 1.54) is 7.11 Å². The molecule has 0 amide bonds. The molecule has 0 saturated carbocycles. The lowest BCUT2D eigenvalue weighted by atomic mass is 10.1. The molecule has 0 bridgehead atoms. The Kier molecular flexibility index (Phi) is 3.15. The Bertz CT molecular complexity index is 438. The third-order valence-electron chi connectivity index (χ3n) is 2.73. The van der Waals surface area contributed by atoms with Crippen molar-refractivity contribution in [1.29, 1.82) is 0 Å². The smallest absolute Gasteiger partial charge is 0.340 e. The van der Waals surface area contributed by atoms with Crippen molar-refractivity contribution in [2.24, 2.45) is 7.05 Å². The molecule has 80 valence electrons. The predicted molar refractivity (Wildman–Crippen MR) is 56.5 cm³/mol. The van der Waals surface area contributed by atoms with Gasteiger partial charge in [0, 0.05) is 18.4 Å². The standard InChI is InChI=1S/C11H14N2O2/c1-7-9(6-12-3)10(11(14)15-5)8(2)13(7)4/h6H2,1-2,4-5H3. The van der Waals surface area contributed by atoms with Crippen LogP contribution in [0, 0.1) is 20.4 Å². The van der Waals surface area contributed by atoms with E-state index >= 15 is 0 Å². The lowest BCUT2D eigenvalue weighted by molar-refractivity contribution is 0.0599. The fraction of sp³-hybridized carbons (Fsp3) is 0.455. The number of carbonyl (C=O) groups is 1. The molecule has 0 aliphatic carbocycles. The molecule has 1 heterocycles. The van der Waals surface area contributed by atoms with E-state index < -0.39 is 0 Å². The first-order valence-electron chi connectivity index (χ1n) is 4.60. The van der Waals surface area contributed by atoms with Crippen LogP contribution in [0.5, 0.6) is 0 Å². The highest BCUT2D eigenvalue weighted by Gasteiger charge is 2.23. The highest BCUT2D eigenvalue weighted by molar-refractivity contribution is 5.93. The van der Waals surface area contributed by atoms with Crippen molar-refractivity contribution in [2.45, 2.75) is 20.4 Å². The average Bonchev–Trinajstić information content (AvgIpc) is 2.44. The predicted octanol–water partition coefficient (Wildman–Crippen LogP) is 1.85. The van der Waals surface area contributed by atoms with E-state index in [0.717, 1.165) is 17.0 Å². The second-order valence-electron chi connectivity index (χ2n) is 3.39. The van der Waals surface area contributed by atoms with Gasteiger partial charge < -0.3 is 14.1 Å². The molecule has 0 fully saturated rings. The lowest BCUT2D eigenvalue weighted by Gasteiger charge is -2.00. The summed E-state index contributed by atoms with van der Waals surface area (Å²) in [5.41, 5.74) is 3.10. The maximum absolute atomic E-state index is 11.6. The summed E-state index contributed by atoms with van der Waals surface area (Å²) in [5.74, 6) is -0.366. The average molecular weight is 206 g/mol. The Morgan fingerprint density at radius 2 is 2.07 bits per heavy atom. The monoisotopic (exact) mass is 206 g/mol. The van der Waals surface area contributed by atoms with Crippen LogP contribution in [0.2, 0.25) is 0 Å². The van der Waals surface area contributed by atoms with Gasteiger partial charge in [-0.25, -0.2) is 11.4 Å². The van der Waals surface area contributed by atoms with E-state index in [1.807, 2.05) is 25.5 Å². The molecule has 4 nitrogen and oxygen atoms in total. The van der Waals surface area contributed by atoms with Gasteiger partial charge in [0.05, 0.1) is 18.2 Å². The second kappa shape index (κ2) is 4.18. The molecule has 15 heavy (non-hydrogen) atoms. The number of methoxy groups -OCH3 is 1. The maximum atomic E-state index is 11.6. The summed E-state index contributed by atoms with van der Waals surface area (Å²) in [6.07, 6.45) is 0. The number of hydrogen-bond acceptors (Lipinski definition) is 2. The molecule has 1 aromatic rings. The minimum Gasteiger partial charge on any atom is -0.465 e. The zero-order chi connectivity index (χ0) is 11.6. The molecule has 0 unspecified atom stereocenters. The van der Waals surface area contributed by atoms with Crippen molar-refractivity contribution in [1.82, 2.24) is 4.57 Å². The van der Waals surface area contributed by atoms with Gasteiger partial charge in [0.15, 0.2) is 0 Å². The molecule has 1 rings (SSSR count). The van der Waals surface area contributed by atoms with Gasteiger partial charge in [0.2, 0.25) is 6.54 Å². The van der Waals surface area contributed by atoms with Crippen LogP contribution in [0.25, 0.3) is 4.85 Å². The van der Waals surface area contributed by atoms with Gasteiger partial charge in [-0.2, -0.15) is 0 Å². The quantitative estimate of drug-likeness (QED) is 0.547. The Morgan fingerprint density at radius 3 is 2.53 bits per heavy atom. The van der Waals surface area contributed by atoms with Crippen LogP contribution >= 0.6 is 0 Å². The summed E-state index contributed by atoms with van der Waals surface area (Å²) in [5, 5.41) is 0. The van der Waals surface area contributed by atoms with E-state index in [2.05, 4.69) is 4.85 Å². The van der Waals surface area contributed by atoms with Gasteiger partial charge in [-0.1, -0.05) is 0 Å². The summed E-state index contributed by atoms with van der Waals surface area (Å²) in [6.45, 7) is 10.9. The Morgan fingerprint density at radius 1 is 1.47 bits per heavy atom. The van der Waals surface area contributed by atoms with Crippen molar-refractivity contribution in [3.05, 3.63) is 33.9 Å². The van der Waals surface area contributed by atoms with E-state index in [1.54, 1.807) is 0 Å². The molecule has 0 N–H and O–H groups in total. The summed E-state index contributed by atoms with van der Waals surface area (Å²) >= 11 is 0. The summed E-state index contributed by atoms with van der Waals surface area (Å²) in [7, 11) is 3.23. The van der Waals surface area contributed by atoms with Crippen LogP contribution in [0.15, 0.2) is 0 Å². The molecule has 1 aromatic heterocycles. The molecular weight excluding hydrogens is 192 g/mol. The van der Waals surface area contributed by atoms with Crippen molar-refractivity contribution in [3.63, 3.8) is 0 Å². The van der Waals surface area contributed by atoms with Crippen LogP contribution in [0.4, 0.5) is 0 Å². The minimum absolute atomic E-state index is 0.220. The first-order valence-corrected chi connectivity index (χ1v) is 4.60. The summed E-state index contributed by atoms with van der Waals surface area (Å²) in [6, 6.07) is 0. The molecule has 0 atom stereocenters. The molecule has 0 aliphatic heterocycles. The van der Waals surface area contributed by atoms with Gasteiger partial charge in [-0.15, -0.1) is 0 Å². The molecule has 0 aromatic carbocycles. The van der Waals surface area contributed by atoms with Gasteiger partial charge in [0.1, 0.15) is 0 Å². The number of nitrogens with zero attached hydrogens (tertiary/aromatic N) is 2. The molecule has 0 aliphatic rings. The van der Waals surface area contributed by atoms with Gasteiger partial charge >= 0.3 is 5.97 Å². The first-order chi connectivity index (χ1) is 7.04. The van der Waals surface area contributed by atoms with E-state index in [4.69, 9.17) is 11.3 Å². The molecule has 0 spiro atoms. The van der Waals surface area contributed by atoms with Crippen molar-refractivity contribution in [2.75, 3.05) is 7.11 Å². The number of carbonyl (C=O) groups excluding carboxylic acids is 1. The first kappa shape index (κ1) is 11.3. The van der Waals surface area contributed by atoms with Gasteiger partial charge in [0.25, 0.3) is 0 Å². The fourth-order valence-electron chi connectivity index (χ4n) is 1.67. The zero-order valence-corrected chi connectivity index (χ0v) is 9.42. The van der Waals surface area contributed by atoms with Crippen molar-refractivity contribution in [3.8, 4) is 0 Å². The highest BCUT2D eigenvalue weighted by Crippen LogP contribution is 2.22. The number of hydrogen-bond donors (Lipinski definition) is 0. The van der Waals surface area contributed by atoms with Crippen LogP contribution in [0.3, 0.4) is 0 Å². The SMILES string of the molecule is [C-]#[N+]Cc1c(C(=O)OC)c(C)n(C)c1C. The van der Waals surface area contributed by atoms with Crippen LogP contribution < -0.4 is 0 Å². The van der Waals surface area contributed by atoms with Crippen molar-refractivity contribution >= 4 is 5.97 Å². The topological polar surface area (TPSA) is 35.6 Å². The zero-order valence-electron chi connectivity index (χ0n) is 9.42. The highest BCUT2D eigenvalue weighted by atomic mass is 16.5. The van der Waals surface area contributed by atoms with Crippen LogP contribution in [-0.4, -0.2) is 17.6 Å². The Balaban J connectivity index is 3.42. The maximum Gasteiger partial charge on any atom is 0.340 e. The molecule has 4 heteroatoms. The third kappa shape index (κ3) is 1.73. The summed E-state index contributed by atoms with van der Waals surface area (Å²) < 4.78 is 6.63.